The van der Waals surface area contributed by atoms with E-state index >= 15 is 0 Å². The molecule has 0 radical (unpaired) electrons. The first-order valence-electron chi connectivity index (χ1n) is 7.27. The van der Waals surface area contributed by atoms with Crippen molar-refractivity contribution in [2.45, 2.75) is 26.3 Å². The van der Waals surface area contributed by atoms with Gasteiger partial charge in [-0.2, -0.15) is 0 Å². The Morgan fingerprint density at radius 2 is 2.17 bits per heavy atom. The van der Waals surface area contributed by atoms with E-state index in [2.05, 4.69) is 24.1 Å². The maximum Gasteiger partial charge on any atom is 0.226 e. The van der Waals surface area contributed by atoms with Crippen LogP contribution in [0.3, 0.4) is 0 Å². The van der Waals surface area contributed by atoms with E-state index in [0.717, 1.165) is 39.3 Å². The molecule has 5 atom stereocenters. The highest BCUT2D eigenvalue weighted by Gasteiger charge is 2.45. The normalized spacial score (nSPS) is 44.1. The van der Waals surface area contributed by atoms with E-state index < -0.39 is 0 Å². The molecule has 3 fully saturated rings. The molecule has 4 nitrogen and oxygen atoms in total. The molecule has 4 heteroatoms. The van der Waals surface area contributed by atoms with Gasteiger partial charge in [0, 0.05) is 44.8 Å². The molecule has 3 aliphatic rings. The number of fused-ring (bicyclic) bond motifs is 1. The van der Waals surface area contributed by atoms with Gasteiger partial charge in [0.05, 0.1) is 0 Å². The summed E-state index contributed by atoms with van der Waals surface area (Å²) in [6.45, 7) is 8.98. The van der Waals surface area contributed by atoms with Crippen molar-refractivity contribution in [3.63, 3.8) is 0 Å². The number of nitrogens with zero attached hydrogens (tertiary/aromatic N) is 1. The lowest BCUT2D eigenvalue weighted by Crippen LogP contribution is -2.45. The van der Waals surface area contributed by atoms with Crippen molar-refractivity contribution < 1.29 is 9.53 Å². The number of carbonyl (C=O) groups excluding carboxylic acids is 1. The molecule has 0 aromatic heterocycles. The number of carbonyl (C=O) groups is 1. The van der Waals surface area contributed by atoms with Crippen molar-refractivity contribution in [3.05, 3.63) is 0 Å². The smallest absolute Gasteiger partial charge is 0.226 e. The largest absolute Gasteiger partial charge is 0.381 e. The van der Waals surface area contributed by atoms with Gasteiger partial charge in [-0.25, -0.2) is 0 Å². The summed E-state index contributed by atoms with van der Waals surface area (Å²) >= 11 is 0. The summed E-state index contributed by atoms with van der Waals surface area (Å²) in [6, 6.07) is 0.410. The summed E-state index contributed by atoms with van der Waals surface area (Å²) in [6.07, 6.45) is 0.900. The van der Waals surface area contributed by atoms with Crippen LogP contribution in [-0.2, 0) is 9.53 Å². The van der Waals surface area contributed by atoms with Crippen LogP contribution in [-0.4, -0.2) is 49.7 Å². The summed E-state index contributed by atoms with van der Waals surface area (Å²) in [7, 11) is 0. The van der Waals surface area contributed by atoms with Gasteiger partial charge in [0.25, 0.3) is 0 Å². The van der Waals surface area contributed by atoms with Crippen molar-refractivity contribution in [1.29, 1.82) is 0 Å². The number of nitrogens with one attached hydrogen (secondary N) is 1. The van der Waals surface area contributed by atoms with Crippen LogP contribution in [0.15, 0.2) is 0 Å². The van der Waals surface area contributed by atoms with E-state index in [9.17, 15) is 4.79 Å². The van der Waals surface area contributed by atoms with Crippen molar-refractivity contribution in [1.82, 2.24) is 10.2 Å². The Bertz CT molecular complexity index is 334. The second kappa shape index (κ2) is 4.82. The molecule has 3 saturated heterocycles. The Morgan fingerprint density at radius 3 is 2.89 bits per heavy atom. The van der Waals surface area contributed by atoms with Crippen LogP contribution < -0.4 is 5.32 Å². The van der Waals surface area contributed by atoms with Crippen molar-refractivity contribution in [2.75, 3.05) is 32.8 Å². The lowest BCUT2D eigenvalue weighted by molar-refractivity contribution is -0.142. The molecule has 3 aliphatic heterocycles. The number of hydrogen-bond donors (Lipinski definition) is 1. The molecule has 0 spiro atoms. The predicted molar refractivity (Wildman–Crippen MR) is 69.1 cm³/mol. The molecular formula is C14H24N2O2. The SMILES string of the molecule is CC1COCCC1C(=O)N1CC2CNCC2C1C. The van der Waals surface area contributed by atoms with E-state index in [0.29, 0.717) is 29.7 Å². The lowest BCUT2D eigenvalue weighted by atomic mass is 9.88. The first-order valence-corrected chi connectivity index (χ1v) is 7.27. The van der Waals surface area contributed by atoms with Gasteiger partial charge in [0.2, 0.25) is 5.91 Å². The Hall–Kier alpha value is -0.610. The highest BCUT2D eigenvalue weighted by molar-refractivity contribution is 5.80. The fraction of sp³-hybridized carbons (Fsp3) is 0.929. The quantitative estimate of drug-likeness (QED) is 0.748. The molecule has 1 N–H and O–H groups in total. The maximum absolute atomic E-state index is 12.7. The first kappa shape index (κ1) is 12.4. The molecule has 3 heterocycles. The van der Waals surface area contributed by atoms with Crippen molar-refractivity contribution in [3.8, 4) is 0 Å². The molecule has 1 amide bonds. The fourth-order valence-corrected chi connectivity index (χ4v) is 3.92. The van der Waals surface area contributed by atoms with Crippen molar-refractivity contribution in [2.24, 2.45) is 23.7 Å². The van der Waals surface area contributed by atoms with Crippen LogP contribution in [0, 0.1) is 23.7 Å². The van der Waals surface area contributed by atoms with Gasteiger partial charge in [-0.3, -0.25) is 4.79 Å². The summed E-state index contributed by atoms with van der Waals surface area (Å²) in [4.78, 5) is 14.9. The zero-order valence-electron chi connectivity index (χ0n) is 11.4. The average Bonchev–Trinajstić information content (AvgIpc) is 2.93. The molecule has 102 valence electrons. The number of likely N-dealkylation sites (tertiary alicyclic amines) is 1. The number of hydrogen-bond acceptors (Lipinski definition) is 3. The third-order valence-electron chi connectivity index (χ3n) is 5.18. The predicted octanol–water partition coefficient (Wildman–Crippen LogP) is 0.725. The van der Waals surface area contributed by atoms with E-state index in [4.69, 9.17) is 4.74 Å². The minimum atomic E-state index is 0.188. The monoisotopic (exact) mass is 252 g/mol. The topological polar surface area (TPSA) is 41.6 Å². The number of ether oxygens (including phenoxy) is 1. The Morgan fingerprint density at radius 1 is 1.33 bits per heavy atom. The van der Waals surface area contributed by atoms with Gasteiger partial charge in [-0.15, -0.1) is 0 Å². The standard InChI is InChI=1S/C14H24N2O2/c1-9-8-18-4-3-12(9)14(17)16-7-11-5-15-6-13(11)10(16)2/h9-13,15H,3-8H2,1-2H3. The van der Waals surface area contributed by atoms with Crippen molar-refractivity contribution >= 4 is 5.91 Å². The highest BCUT2D eigenvalue weighted by atomic mass is 16.5. The van der Waals surface area contributed by atoms with Crippen LogP contribution >= 0.6 is 0 Å². The molecule has 0 aromatic rings. The third-order valence-corrected chi connectivity index (χ3v) is 5.18. The Kier molecular flexibility index (Phi) is 3.32. The molecule has 3 rings (SSSR count). The van der Waals surface area contributed by atoms with E-state index in [1.54, 1.807) is 0 Å². The summed E-state index contributed by atoms with van der Waals surface area (Å²) < 4.78 is 5.45. The Labute approximate surface area is 109 Å². The van der Waals surface area contributed by atoms with Gasteiger partial charge in [-0.05, 0) is 31.1 Å². The molecule has 5 unspecified atom stereocenters. The molecular weight excluding hydrogens is 228 g/mol. The van der Waals surface area contributed by atoms with Crippen LogP contribution in [0.25, 0.3) is 0 Å². The second-order valence-corrected chi connectivity index (χ2v) is 6.26. The molecule has 0 aliphatic carbocycles. The zero-order valence-corrected chi connectivity index (χ0v) is 11.4. The number of amides is 1. The van der Waals surface area contributed by atoms with E-state index in [1.807, 2.05) is 0 Å². The van der Waals surface area contributed by atoms with Gasteiger partial charge in [-0.1, -0.05) is 6.92 Å². The Balaban J connectivity index is 1.69. The first-order chi connectivity index (χ1) is 8.68. The van der Waals surface area contributed by atoms with Crippen LogP contribution in [0.4, 0.5) is 0 Å². The lowest BCUT2D eigenvalue weighted by Gasteiger charge is -2.34. The van der Waals surface area contributed by atoms with Gasteiger partial charge < -0.3 is 15.0 Å². The van der Waals surface area contributed by atoms with Gasteiger partial charge >= 0.3 is 0 Å². The van der Waals surface area contributed by atoms with Gasteiger partial charge in [0.15, 0.2) is 0 Å². The van der Waals surface area contributed by atoms with E-state index in [1.165, 1.54) is 0 Å². The second-order valence-electron chi connectivity index (χ2n) is 6.26. The fourth-order valence-electron chi connectivity index (χ4n) is 3.92. The van der Waals surface area contributed by atoms with Crippen LogP contribution in [0.1, 0.15) is 20.3 Å². The van der Waals surface area contributed by atoms with Crippen LogP contribution in [0.5, 0.6) is 0 Å². The zero-order chi connectivity index (χ0) is 12.7. The van der Waals surface area contributed by atoms with Gasteiger partial charge in [0.1, 0.15) is 0 Å². The maximum atomic E-state index is 12.7. The molecule has 18 heavy (non-hydrogen) atoms. The third kappa shape index (κ3) is 1.95. The highest BCUT2D eigenvalue weighted by Crippen LogP contribution is 2.35. The summed E-state index contributed by atoms with van der Waals surface area (Å²) in [5, 5.41) is 3.44. The molecule has 0 aromatic carbocycles. The minimum absolute atomic E-state index is 0.188. The minimum Gasteiger partial charge on any atom is -0.381 e. The number of rotatable bonds is 1. The van der Waals surface area contributed by atoms with Crippen LogP contribution in [0.2, 0.25) is 0 Å². The van der Waals surface area contributed by atoms with E-state index in [-0.39, 0.29) is 5.92 Å². The summed E-state index contributed by atoms with van der Waals surface area (Å²) in [5.41, 5.74) is 0. The molecule has 0 saturated carbocycles. The molecule has 0 bridgehead atoms. The average molecular weight is 252 g/mol. The summed E-state index contributed by atoms with van der Waals surface area (Å²) in [5.74, 6) is 2.29.